The third-order valence-electron chi connectivity index (χ3n) is 6.07. The van der Waals surface area contributed by atoms with E-state index in [-0.39, 0.29) is 29.7 Å². The predicted molar refractivity (Wildman–Crippen MR) is 98.1 cm³/mol. The van der Waals surface area contributed by atoms with E-state index in [9.17, 15) is 14.4 Å². The minimum Gasteiger partial charge on any atom is -0.339 e. The second-order valence-electron chi connectivity index (χ2n) is 7.73. The lowest BCUT2D eigenvalue weighted by Gasteiger charge is -2.29. The lowest BCUT2D eigenvalue weighted by molar-refractivity contribution is 0.0548. The number of hydrogen-bond donors (Lipinski definition) is 0. The number of imide groups is 1. The van der Waals surface area contributed by atoms with Gasteiger partial charge in [0, 0.05) is 30.6 Å². The molecule has 1 aromatic carbocycles. The third kappa shape index (κ3) is 3.12. The Balaban J connectivity index is 1.54. The summed E-state index contributed by atoms with van der Waals surface area (Å²) in [6.07, 6.45) is 6.33. The van der Waals surface area contributed by atoms with Gasteiger partial charge in [0.2, 0.25) is 0 Å². The van der Waals surface area contributed by atoms with Gasteiger partial charge in [-0.05, 0) is 43.9 Å². The molecule has 3 aliphatic rings. The fraction of sp³-hybridized carbons (Fsp3) is 0.524. The Bertz CT molecular complexity index is 828. The van der Waals surface area contributed by atoms with Crippen molar-refractivity contribution in [3.8, 4) is 6.07 Å². The zero-order valence-electron chi connectivity index (χ0n) is 15.3. The lowest BCUT2D eigenvalue weighted by atomic mass is 9.94. The van der Waals surface area contributed by atoms with E-state index in [0.717, 1.165) is 32.1 Å². The van der Waals surface area contributed by atoms with Gasteiger partial charge in [-0.25, -0.2) is 0 Å². The van der Waals surface area contributed by atoms with Crippen LogP contribution in [-0.2, 0) is 0 Å². The van der Waals surface area contributed by atoms with Crippen LogP contribution in [0.15, 0.2) is 18.2 Å². The molecule has 2 aliphatic heterocycles. The zero-order valence-corrected chi connectivity index (χ0v) is 15.3. The molecule has 140 valence electrons. The molecule has 0 atom stereocenters. The van der Waals surface area contributed by atoms with Crippen molar-refractivity contribution in [3.63, 3.8) is 0 Å². The smallest absolute Gasteiger partial charge is 0.261 e. The fourth-order valence-electron chi connectivity index (χ4n) is 4.46. The Morgan fingerprint density at radius 2 is 1.63 bits per heavy atom. The fourth-order valence-corrected chi connectivity index (χ4v) is 4.46. The van der Waals surface area contributed by atoms with E-state index in [4.69, 9.17) is 5.26 Å². The largest absolute Gasteiger partial charge is 0.339 e. The number of likely N-dealkylation sites (tertiary alicyclic amines) is 1. The molecule has 1 aliphatic carbocycles. The van der Waals surface area contributed by atoms with Gasteiger partial charge in [0.15, 0.2) is 0 Å². The average molecular weight is 365 g/mol. The van der Waals surface area contributed by atoms with Crippen molar-refractivity contribution in [2.24, 2.45) is 5.92 Å². The average Bonchev–Trinajstić information content (AvgIpc) is 2.98. The Hall–Kier alpha value is -2.68. The first-order valence-electron chi connectivity index (χ1n) is 9.81. The molecule has 1 aromatic rings. The van der Waals surface area contributed by atoms with Gasteiger partial charge in [-0.3, -0.25) is 19.3 Å². The highest BCUT2D eigenvalue weighted by Crippen LogP contribution is 2.32. The molecule has 3 amide bonds. The standard InChI is InChI=1S/C21H23N3O3/c22-13-14-8-10-23(11-9-14)19(25)15-6-7-17-18(12-15)21(27)24(20(17)26)16-4-2-1-3-5-16/h6-7,12,14,16H,1-5,8-11H2. The van der Waals surface area contributed by atoms with Crippen molar-refractivity contribution in [2.45, 2.75) is 51.0 Å². The van der Waals surface area contributed by atoms with Crippen LogP contribution in [0, 0.1) is 17.2 Å². The van der Waals surface area contributed by atoms with Crippen LogP contribution >= 0.6 is 0 Å². The topological polar surface area (TPSA) is 81.5 Å². The normalized spacial score (nSPS) is 21.3. The van der Waals surface area contributed by atoms with Gasteiger partial charge in [0.25, 0.3) is 17.7 Å². The molecule has 6 nitrogen and oxygen atoms in total. The van der Waals surface area contributed by atoms with E-state index < -0.39 is 0 Å². The van der Waals surface area contributed by atoms with Crippen molar-refractivity contribution < 1.29 is 14.4 Å². The van der Waals surface area contributed by atoms with Crippen molar-refractivity contribution in [1.82, 2.24) is 9.80 Å². The summed E-state index contributed by atoms with van der Waals surface area (Å²) in [7, 11) is 0. The summed E-state index contributed by atoms with van der Waals surface area (Å²) >= 11 is 0. The summed E-state index contributed by atoms with van der Waals surface area (Å²) in [4.78, 5) is 41.6. The molecule has 0 spiro atoms. The van der Waals surface area contributed by atoms with Crippen LogP contribution in [0.4, 0.5) is 0 Å². The molecule has 0 radical (unpaired) electrons. The van der Waals surface area contributed by atoms with Gasteiger partial charge in [0.05, 0.1) is 17.2 Å². The predicted octanol–water partition coefficient (Wildman–Crippen LogP) is 2.99. The summed E-state index contributed by atoms with van der Waals surface area (Å²) in [6, 6.07) is 7.08. The van der Waals surface area contributed by atoms with E-state index in [2.05, 4.69) is 6.07 Å². The Kier molecular flexibility index (Phi) is 4.69. The molecular formula is C21H23N3O3. The number of amides is 3. The van der Waals surface area contributed by atoms with Crippen molar-refractivity contribution in [2.75, 3.05) is 13.1 Å². The Morgan fingerprint density at radius 1 is 0.963 bits per heavy atom. The third-order valence-corrected chi connectivity index (χ3v) is 6.07. The van der Waals surface area contributed by atoms with Gasteiger partial charge in [0.1, 0.15) is 0 Å². The van der Waals surface area contributed by atoms with Crippen LogP contribution in [0.25, 0.3) is 0 Å². The molecular weight excluding hydrogens is 342 g/mol. The van der Waals surface area contributed by atoms with Gasteiger partial charge in [-0.1, -0.05) is 19.3 Å². The van der Waals surface area contributed by atoms with Crippen molar-refractivity contribution in [3.05, 3.63) is 34.9 Å². The summed E-state index contributed by atoms with van der Waals surface area (Å²) in [5.74, 6) is -0.613. The Morgan fingerprint density at radius 3 is 2.30 bits per heavy atom. The molecule has 1 saturated heterocycles. The number of piperidine rings is 1. The molecule has 2 heterocycles. The van der Waals surface area contributed by atoms with E-state index >= 15 is 0 Å². The van der Waals surface area contributed by atoms with Crippen LogP contribution in [0.2, 0.25) is 0 Å². The van der Waals surface area contributed by atoms with Gasteiger partial charge in [-0.2, -0.15) is 5.26 Å². The van der Waals surface area contributed by atoms with Gasteiger partial charge in [-0.15, -0.1) is 0 Å². The van der Waals surface area contributed by atoms with E-state index in [1.54, 1.807) is 23.1 Å². The molecule has 6 heteroatoms. The minimum atomic E-state index is -0.264. The highest BCUT2D eigenvalue weighted by molar-refractivity contribution is 6.22. The highest BCUT2D eigenvalue weighted by Gasteiger charge is 2.40. The summed E-state index contributed by atoms with van der Waals surface area (Å²) in [5, 5.41) is 9.00. The second-order valence-corrected chi connectivity index (χ2v) is 7.73. The monoisotopic (exact) mass is 365 g/mol. The molecule has 0 bridgehead atoms. The van der Waals surface area contributed by atoms with Crippen LogP contribution in [0.3, 0.4) is 0 Å². The number of nitriles is 1. The minimum absolute atomic E-state index is 0.0114. The first-order chi connectivity index (χ1) is 13.1. The quantitative estimate of drug-likeness (QED) is 0.755. The molecule has 1 saturated carbocycles. The molecule has 0 N–H and O–H groups in total. The Labute approximate surface area is 158 Å². The SMILES string of the molecule is N#CC1CCN(C(=O)c2ccc3c(c2)C(=O)N(C2CCCCC2)C3=O)CC1. The molecule has 0 unspecified atom stereocenters. The maximum Gasteiger partial charge on any atom is 0.261 e. The lowest BCUT2D eigenvalue weighted by Crippen LogP contribution is -2.40. The summed E-state index contributed by atoms with van der Waals surface area (Å²) in [6.45, 7) is 1.10. The van der Waals surface area contributed by atoms with Gasteiger partial charge < -0.3 is 4.90 Å². The summed E-state index contributed by atoms with van der Waals surface area (Å²) < 4.78 is 0. The molecule has 4 rings (SSSR count). The number of rotatable bonds is 2. The van der Waals surface area contributed by atoms with Gasteiger partial charge >= 0.3 is 0 Å². The number of nitrogens with zero attached hydrogens (tertiary/aromatic N) is 3. The number of carbonyl (C=O) groups is 3. The van der Waals surface area contributed by atoms with E-state index in [0.29, 0.717) is 42.6 Å². The number of carbonyl (C=O) groups excluding carboxylic acids is 3. The van der Waals surface area contributed by atoms with Crippen LogP contribution in [0.5, 0.6) is 0 Å². The van der Waals surface area contributed by atoms with Crippen molar-refractivity contribution >= 4 is 17.7 Å². The number of hydrogen-bond acceptors (Lipinski definition) is 4. The zero-order chi connectivity index (χ0) is 19.0. The van der Waals surface area contributed by atoms with Crippen LogP contribution < -0.4 is 0 Å². The maximum absolute atomic E-state index is 12.9. The first-order valence-corrected chi connectivity index (χ1v) is 9.81. The van der Waals surface area contributed by atoms with Crippen molar-refractivity contribution in [1.29, 1.82) is 5.26 Å². The molecule has 27 heavy (non-hydrogen) atoms. The summed E-state index contributed by atoms with van der Waals surface area (Å²) in [5.41, 5.74) is 1.20. The first kappa shape index (κ1) is 17.7. The molecule has 0 aromatic heterocycles. The van der Waals surface area contributed by atoms with Crippen LogP contribution in [0.1, 0.15) is 76.0 Å². The molecule has 2 fully saturated rings. The maximum atomic E-state index is 12.9. The van der Waals surface area contributed by atoms with E-state index in [1.807, 2.05) is 0 Å². The highest BCUT2D eigenvalue weighted by atomic mass is 16.2. The number of benzene rings is 1. The second kappa shape index (κ2) is 7.15. The number of fused-ring (bicyclic) bond motifs is 1. The van der Waals surface area contributed by atoms with E-state index in [1.165, 1.54) is 4.90 Å². The van der Waals surface area contributed by atoms with Crippen LogP contribution in [-0.4, -0.2) is 46.7 Å².